The molecule has 0 heterocycles. The Morgan fingerprint density at radius 3 is 2.65 bits per heavy atom. The van der Waals surface area contributed by atoms with Crippen molar-refractivity contribution in [1.82, 2.24) is 10.6 Å². The molecule has 4 N–H and O–H groups in total. The van der Waals surface area contributed by atoms with Gasteiger partial charge in [-0.3, -0.25) is 9.59 Å². The monoisotopic (exact) mass is 381 g/mol. The smallest absolute Gasteiger partial charge is 0.251 e. The molecule has 6 heteroatoms. The Kier molecular flexibility index (Phi) is 7.05. The van der Waals surface area contributed by atoms with Gasteiger partial charge in [0, 0.05) is 22.6 Å². The molecule has 126 valence electrons. The van der Waals surface area contributed by atoms with Gasteiger partial charge in [-0.15, -0.1) is 0 Å². The van der Waals surface area contributed by atoms with Gasteiger partial charge in [-0.1, -0.05) is 41.3 Å². The molecule has 0 radical (unpaired) electrons. The van der Waals surface area contributed by atoms with Crippen LogP contribution in [0, 0.1) is 5.92 Å². The van der Waals surface area contributed by atoms with Crippen molar-refractivity contribution in [3.63, 3.8) is 0 Å². The number of halogens is 1. The number of rotatable bonds is 6. The van der Waals surface area contributed by atoms with Gasteiger partial charge in [0.2, 0.25) is 5.91 Å². The zero-order valence-corrected chi connectivity index (χ0v) is 14.8. The van der Waals surface area contributed by atoms with Crippen LogP contribution in [0.2, 0.25) is 0 Å². The summed E-state index contributed by atoms with van der Waals surface area (Å²) in [4.78, 5) is 24.1. The maximum absolute atomic E-state index is 12.1. The summed E-state index contributed by atoms with van der Waals surface area (Å²) in [5.74, 6) is 0.0104. The van der Waals surface area contributed by atoms with E-state index in [9.17, 15) is 9.59 Å². The Morgan fingerprint density at radius 2 is 2.00 bits per heavy atom. The van der Waals surface area contributed by atoms with Gasteiger partial charge in [0.05, 0.1) is 6.54 Å². The standard InChI is InChI=1S/C17H24BrN3O2/c18-14-8-4-7-13(9-14)17(23)20-11-16(22)21-15(10-19)12-5-2-1-3-6-12/h4,7-9,12,15H,1-3,5-6,10-11,19H2,(H,20,23)(H,21,22). The summed E-state index contributed by atoms with van der Waals surface area (Å²) in [5.41, 5.74) is 6.33. The number of carbonyl (C=O) groups is 2. The number of carbonyl (C=O) groups excluding carboxylic acids is 2. The number of nitrogens with two attached hydrogens (primary N) is 1. The van der Waals surface area contributed by atoms with Crippen LogP contribution in [0.5, 0.6) is 0 Å². The first-order valence-corrected chi connectivity index (χ1v) is 8.92. The fourth-order valence-corrected chi connectivity index (χ4v) is 3.46. The Morgan fingerprint density at radius 1 is 1.26 bits per heavy atom. The van der Waals surface area contributed by atoms with Gasteiger partial charge < -0.3 is 16.4 Å². The lowest BCUT2D eigenvalue weighted by atomic mass is 9.84. The van der Waals surface area contributed by atoms with E-state index in [2.05, 4.69) is 26.6 Å². The highest BCUT2D eigenvalue weighted by Gasteiger charge is 2.24. The van der Waals surface area contributed by atoms with Crippen molar-refractivity contribution in [1.29, 1.82) is 0 Å². The Bertz CT molecular complexity index is 544. The van der Waals surface area contributed by atoms with E-state index < -0.39 is 0 Å². The number of hydrogen-bond donors (Lipinski definition) is 3. The highest BCUT2D eigenvalue weighted by Crippen LogP contribution is 2.26. The average Bonchev–Trinajstić information content (AvgIpc) is 2.58. The molecule has 5 nitrogen and oxygen atoms in total. The van der Waals surface area contributed by atoms with E-state index in [0.717, 1.165) is 17.3 Å². The molecule has 2 amide bonds. The lowest BCUT2D eigenvalue weighted by Crippen LogP contribution is -2.49. The van der Waals surface area contributed by atoms with Crippen molar-refractivity contribution < 1.29 is 9.59 Å². The third-order valence-electron chi connectivity index (χ3n) is 4.32. The van der Waals surface area contributed by atoms with Crippen LogP contribution in [0.15, 0.2) is 28.7 Å². The molecule has 1 fully saturated rings. The first kappa shape index (κ1) is 17.9. The lowest BCUT2D eigenvalue weighted by Gasteiger charge is -2.30. The van der Waals surface area contributed by atoms with E-state index in [1.54, 1.807) is 18.2 Å². The van der Waals surface area contributed by atoms with Crippen LogP contribution in [-0.2, 0) is 4.79 Å². The second-order valence-corrected chi connectivity index (χ2v) is 6.92. The first-order chi connectivity index (χ1) is 11.1. The summed E-state index contributed by atoms with van der Waals surface area (Å²) in [7, 11) is 0. The second kappa shape index (κ2) is 9.03. The quantitative estimate of drug-likeness (QED) is 0.705. The summed E-state index contributed by atoms with van der Waals surface area (Å²) >= 11 is 3.32. The Labute approximate surface area is 145 Å². The Balaban J connectivity index is 1.80. The highest BCUT2D eigenvalue weighted by atomic mass is 79.9. The van der Waals surface area contributed by atoms with E-state index >= 15 is 0 Å². The molecule has 1 aromatic carbocycles. The number of amides is 2. The van der Waals surface area contributed by atoms with Crippen LogP contribution in [0.4, 0.5) is 0 Å². The predicted molar refractivity (Wildman–Crippen MR) is 94.0 cm³/mol. The van der Waals surface area contributed by atoms with Crippen molar-refractivity contribution in [3.05, 3.63) is 34.3 Å². The van der Waals surface area contributed by atoms with Crippen molar-refractivity contribution in [3.8, 4) is 0 Å². The van der Waals surface area contributed by atoms with Gasteiger partial charge in [0.25, 0.3) is 5.91 Å². The fraction of sp³-hybridized carbons (Fsp3) is 0.529. The summed E-state index contributed by atoms with van der Waals surface area (Å²) in [5, 5.41) is 5.61. The molecule has 1 saturated carbocycles. The minimum absolute atomic E-state index is 0.00516. The molecule has 0 spiro atoms. The van der Waals surface area contributed by atoms with Crippen molar-refractivity contribution in [2.24, 2.45) is 11.7 Å². The normalized spacial score (nSPS) is 16.6. The molecule has 1 aliphatic carbocycles. The number of nitrogens with one attached hydrogen (secondary N) is 2. The van der Waals surface area contributed by atoms with Gasteiger partial charge in [0.15, 0.2) is 0 Å². The first-order valence-electron chi connectivity index (χ1n) is 8.13. The maximum atomic E-state index is 12.1. The molecular formula is C17H24BrN3O2. The van der Waals surface area contributed by atoms with Gasteiger partial charge in [0.1, 0.15) is 0 Å². The van der Waals surface area contributed by atoms with Crippen LogP contribution in [-0.4, -0.2) is 30.9 Å². The molecule has 1 aliphatic rings. The third-order valence-corrected chi connectivity index (χ3v) is 4.81. The molecule has 1 atom stereocenters. The minimum Gasteiger partial charge on any atom is -0.350 e. The molecule has 0 bridgehead atoms. The van der Waals surface area contributed by atoms with E-state index in [1.807, 2.05) is 6.07 Å². The minimum atomic E-state index is -0.261. The van der Waals surface area contributed by atoms with Gasteiger partial charge in [-0.2, -0.15) is 0 Å². The Hall–Kier alpha value is -1.40. The molecule has 1 unspecified atom stereocenters. The topological polar surface area (TPSA) is 84.2 Å². The lowest BCUT2D eigenvalue weighted by molar-refractivity contribution is -0.121. The third kappa shape index (κ3) is 5.62. The number of benzene rings is 1. The molecule has 0 aromatic heterocycles. The van der Waals surface area contributed by atoms with E-state index in [1.165, 1.54) is 19.3 Å². The summed E-state index contributed by atoms with van der Waals surface area (Å²) in [6.45, 7) is 0.407. The van der Waals surface area contributed by atoms with Crippen LogP contribution in [0.3, 0.4) is 0 Å². The largest absolute Gasteiger partial charge is 0.350 e. The second-order valence-electron chi connectivity index (χ2n) is 6.00. The molecule has 2 rings (SSSR count). The summed E-state index contributed by atoms with van der Waals surface area (Å²) < 4.78 is 0.829. The van der Waals surface area contributed by atoms with Crippen LogP contribution in [0.1, 0.15) is 42.5 Å². The molecular weight excluding hydrogens is 358 g/mol. The van der Waals surface area contributed by atoms with Gasteiger partial charge in [-0.05, 0) is 37.0 Å². The van der Waals surface area contributed by atoms with Crippen molar-refractivity contribution in [2.75, 3.05) is 13.1 Å². The van der Waals surface area contributed by atoms with E-state index in [4.69, 9.17) is 5.73 Å². The fourth-order valence-electron chi connectivity index (χ4n) is 3.06. The maximum Gasteiger partial charge on any atom is 0.251 e. The van der Waals surface area contributed by atoms with Gasteiger partial charge in [-0.25, -0.2) is 0 Å². The van der Waals surface area contributed by atoms with E-state index in [0.29, 0.717) is 18.0 Å². The highest BCUT2D eigenvalue weighted by molar-refractivity contribution is 9.10. The summed E-state index contributed by atoms with van der Waals surface area (Å²) in [6.07, 6.45) is 5.91. The van der Waals surface area contributed by atoms with Crippen LogP contribution < -0.4 is 16.4 Å². The zero-order chi connectivity index (χ0) is 16.7. The van der Waals surface area contributed by atoms with Crippen LogP contribution >= 0.6 is 15.9 Å². The molecule has 1 aromatic rings. The van der Waals surface area contributed by atoms with E-state index in [-0.39, 0.29) is 24.4 Å². The van der Waals surface area contributed by atoms with Crippen molar-refractivity contribution in [2.45, 2.75) is 38.1 Å². The van der Waals surface area contributed by atoms with Crippen LogP contribution in [0.25, 0.3) is 0 Å². The molecule has 0 saturated heterocycles. The average molecular weight is 382 g/mol. The zero-order valence-electron chi connectivity index (χ0n) is 13.2. The predicted octanol–water partition coefficient (Wildman–Crippen LogP) is 2.20. The summed E-state index contributed by atoms with van der Waals surface area (Å²) in [6, 6.07) is 7.07. The molecule has 0 aliphatic heterocycles. The number of hydrogen-bond acceptors (Lipinski definition) is 3. The SMILES string of the molecule is NCC(NC(=O)CNC(=O)c1cccc(Br)c1)C1CCCCC1. The van der Waals surface area contributed by atoms with Gasteiger partial charge >= 0.3 is 0 Å². The van der Waals surface area contributed by atoms with Crippen molar-refractivity contribution >= 4 is 27.7 Å². The molecule has 23 heavy (non-hydrogen) atoms.